The third-order valence-electron chi connectivity index (χ3n) is 4.95. The molecule has 0 aliphatic carbocycles. The Balaban J connectivity index is 2.12. The molecular weight excluding hydrogens is 487 g/mol. The standard InChI is InChI=1S/C24H19AsN2O4S/c28-27(29)23-17-10-18-24(19-23)32(30,31)26-25(20-11-4-1-5-12-20,21-13-6-2-7-14-21)22-15-8-3-9-16-22/h1-19H. The van der Waals surface area contributed by atoms with E-state index in [1.807, 2.05) is 91.0 Å². The summed E-state index contributed by atoms with van der Waals surface area (Å²) in [6, 6.07) is 33.3. The Hall–Kier alpha value is -3.41. The molecule has 8 heteroatoms. The maximum absolute atomic E-state index is 13.6. The van der Waals surface area contributed by atoms with E-state index in [0.717, 1.165) is 19.1 Å². The molecule has 0 atom stereocenters. The summed E-state index contributed by atoms with van der Waals surface area (Å²) < 4.78 is 34.3. The maximum atomic E-state index is 13.6. The van der Waals surface area contributed by atoms with Crippen molar-refractivity contribution in [3.8, 4) is 0 Å². The Labute approximate surface area is 188 Å². The number of sulfonamides is 1. The van der Waals surface area contributed by atoms with Crippen LogP contribution in [-0.4, -0.2) is 26.7 Å². The molecule has 0 radical (unpaired) electrons. The molecule has 0 aliphatic heterocycles. The van der Waals surface area contributed by atoms with Crippen molar-refractivity contribution in [2.45, 2.75) is 4.90 Å². The molecule has 0 spiro atoms. The topological polar surface area (TPSA) is 89.6 Å². The van der Waals surface area contributed by atoms with Gasteiger partial charge in [0.25, 0.3) is 0 Å². The third-order valence-corrected chi connectivity index (χ3v) is 15.7. The fourth-order valence-electron chi connectivity index (χ4n) is 3.49. The van der Waals surface area contributed by atoms with Crippen molar-refractivity contribution < 1.29 is 13.3 Å². The van der Waals surface area contributed by atoms with Crippen molar-refractivity contribution in [1.29, 1.82) is 0 Å². The molecule has 0 unspecified atom stereocenters. The number of hydrogen-bond acceptors (Lipinski definition) is 4. The van der Waals surface area contributed by atoms with E-state index in [2.05, 4.69) is 3.27 Å². The van der Waals surface area contributed by atoms with E-state index in [-0.39, 0.29) is 10.6 Å². The summed E-state index contributed by atoms with van der Waals surface area (Å²) in [5, 5.41) is 11.2. The van der Waals surface area contributed by atoms with Crippen LogP contribution in [0.3, 0.4) is 0 Å². The van der Waals surface area contributed by atoms with E-state index in [1.54, 1.807) is 0 Å². The molecule has 160 valence electrons. The van der Waals surface area contributed by atoms with Crippen molar-refractivity contribution in [1.82, 2.24) is 0 Å². The molecular formula is C24H19AsN2O4S. The van der Waals surface area contributed by atoms with Crippen molar-refractivity contribution in [3.05, 3.63) is 125 Å². The van der Waals surface area contributed by atoms with Gasteiger partial charge in [-0.1, -0.05) is 0 Å². The van der Waals surface area contributed by atoms with Crippen LogP contribution in [0.15, 0.2) is 123 Å². The number of hydrogen-bond donors (Lipinski definition) is 0. The van der Waals surface area contributed by atoms with Gasteiger partial charge in [-0.3, -0.25) is 0 Å². The van der Waals surface area contributed by atoms with Crippen molar-refractivity contribution >= 4 is 42.1 Å². The Morgan fingerprint density at radius 3 is 1.50 bits per heavy atom. The van der Waals surface area contributed by atoms with Gasteiger partial charge in [-0.2, -0.15) is 0 Å². The van der Waals surface area contributed by atoms with E-state index >= 15 is 0 Å². The van der Waals surface area contributed by atoms with Gasteiger partial charge in [0.1, 0.15) is 0 Å². The van der Waals surface area contributed by atoms with Crippen LogP contribution in [0.4, 0.5) is 5.69 Å². The SMILES string of the molecule is O=[N+]([O-])c1cccc(S(=O)(=O)N=[As](c2ccccc2)(c2ccccc2)c2ccccc2)c1. The van der Waals surface area contributed by atoms with Gasteiger partial charge in [0.2, 0.25) is 0 Å². The molecule has 0 heterocycles. The van der Waals surface area contributed by atoms with Gasteiger partial charge in [-0.15, -0.1) is 0 Å². The van der Waals surface area contributed by atoms with Gasteiger partial charge >= 0.3 is 189 Å². The van der Waals surface area contributed by atoms with E-state index in [1.165, 1.54) is 18.2 Å². The summed E-state index contributed by atoms with van der Waals surface area (Å²) in [5.41, 5.74) is -0.295. The first-order valence-corrected chi connectivity index (χ1v) is 14.8. The zero-order valence-electron chi connectivity index (χ0n) is 16.9. The van der Waals surface area contributed by atoms with Gasteiger partial charge in [0, 0.05) is 0 Å². The average Bonchev–Trinajstić information content (AvgIpc) is 2.84. The fourth-order valence-corrected chi connectivity index (χ4v) is 14.8. The summed E-state index contributed by atoms with van der Waals surface area (Å²) in [5.74, 6) is 0. The Bertz CT molecular complexity index is 1300. The minimum atomic E-state index is -4.22. The number of non-ortho nitro benzene ring substituents is 1. The van der Waals surface area contributed by atoms with Crippen LogP contribution in [0.1, 0.15) is 0 Å². The molecule has 0 bridgehead atoms. The summed E-state index contributed by atoms with van der Waals surface area (Å²) in [7, 11) is -4.22. The van der Waals surface area contributed by atoms with Crippen LogP contribution in [0.2, 0.25) is 0 Å². The first-order valence-electron chi connectivity index (χ1n) is 9.73. The predicted octanol–water partition coefficient (Wildman–Crippen LogP) is 3.22. The molecule has 4 rings (SSSR count). The minimum absolute atomic E-state index is 0.194. The molecule has 0 saturated heterocycles. The molecule has 4 aromatic carbocycles. The molecule has 0 N–H and O–H groups in total. The second-order valence-corrected chi connectivity index (χ2v) is 15.5. The molecule has 32 heavy (non-hydrogen) atoms. The van der Waals surface area contributed by atoms with Gasteiger partial charge in [0.05, 0.1) is 0 Å². The van der Waals surface area contributed by atoms with Gasteiger partial charge in [-0.05, 0) is 0 Å². The molecule has 6 nitrogen and oxygen atoms in total. The number of nitro groups is 1. The quantitative estimate of drug-likeness (QED) is 0.228. The van der Waals surface area contributed by atoms with E-state index < -0.39 is 28.3 Å². The van der Waals surface area contributed by atoms with Crippen LogP contribution in [0, 0.1) is 10.1 Å². The van der Waals surface area contributed by atoms with Crippen LogP contribution in [0.25, 0.3) is 0 Å². The first-order chi connectivity index (χ1) is 15.4. The molecule has 0 saturated carbocycles. The van der Waals surface area contributed by atoms with E-state index in [9.17, 15) is 18.5 Å². The Morgan fingerprint density at radius 2 is 1.09 bits per heavy atom. The monoisotopic (exact) mass is 506 g/mol. The second-order valence-electron chi connectivity index (χ2n) is 6.95. The second kappa shape index (κ2) is 8.99. The number of benzene rings is 4. The number of nitrogens with zero attached hydrogens (tertiary/aromatic N) is 2. The van der Waals surface area contributed by atoms with Gasteiger partial charge in [0.15, 0.2) is 0 Å². The van der Waals surface area contributed by atoms with Crippen LogP contribution < -0.4 is 13.1 Å². The predicted molar refractivity (Wildman–Crippen MR) is 127 cm³/mol. The van der Waals surface area contributed by atoms with E-state index in [4.69, 9.17) is 0 Å². The van der Waals surface area contributed by atoms with Crippen LogP contribution in [-0.2, 0) is 10.0 Å². The normalized spacial score (nSPS) is 11.6. The summed E-state index contributed by atoms with van der Waals surface area (Å²) in [4.78, 5) is 10.4. The number of rotatable bonds is 6. The zero-order chi connectivity index (χ0) is 22.6. The van der Waals surface area contributed by atoms with E-state index in [0.29, 0.717) is 0 Å². The summed E-state index contributed by atoms with van der Waals surface area (Å²) in [6.07, 6.45) is 0. The molecule has 0 fully saturated rings. The fraction of sp³-hybridized carbons (Fsp3) is 0. The third kappa shape index (κ3) is 4.17. The first kappa shape index (κ1) is 21.8. The van der Waals surface area contributed by atoms with Crippen LogP contribution >= 0.6 is 0 Å². The number of nitro benzene ring substituents is 1. The molecule has 0 aromatic heterocycles. The Kier molecular flexibility index (Phi) is 6.12. The summed E-state index contributed by atoms with van der Waals surface area (Å²) in [6.45, 7) is 0. The van der Waals surface area contributed by atoms with Crippen molar-refractivity contribution in [3.63, 3.8) is 0 Å². The zero-order valence-corrected chi connectivity index (χ0v) is 19.5. The average molecular weight is 506 g/mol. The van der Waals surface area contributed by atoms with Crippen molar-refractivity contribution in [2.75, 3.05) is 0 Å². The Morgan fingerprint density at radius 1 is 0.656 bits per heavy atom. The van der Waals surface area contributed by atoms with Crippen molar-refractivity contribution in [2.24, 2.45) is 3.27 Å². The molecule has 0 aliphatic rings. The van der Waals surface area contributed by atoms with Gasteiger partial charge < -0.3 is 0 Å². The molecule has 4 aromatic rings. The summed E-state index contributed by atoms with van der Waals surface area (Å²) >= 11 is -3.90. The molecule has 0 amide bonds. The van der Waals surface area contributed by atoms with Gasteiger partial charge in [-0.25, -0.2) is 0 Å². The van der Waals surface area contributed by atoms with Crippen LogP contribution in [0.5, 0.6) is 0 Å².